The van der Waals surface area contributed by atoms with E-state index in [1.165, 1.54) is 23.5 Å². The van der Waals surface area contributed by atoms with Gasteiger partial charge in [-0.25, -0.2) is 0 Å². The highest BCUT2D eigenvalue weighted by Gasteiger charge is 2.09. The summed E-state index contributed by atoms with van der Waals surface area (Å²) in [6.07, 6.45) is 1.21. The van der Waals surface area contributed by atoms with E-state index in [0.717, 1.165) is 18.0 Å². The molecule has 1 aromatic heterocycles. The molecule has 0 fully saturated rings. The molecule has 1 heterocycles. The van der Waals surface area contributed by atoms with Gasteiger partial charge in [0.1, 0.15) is 5.76 Å². The first kappa shape index (κ1) is 13.6. The second kappa shape index (κ2) is 6.97. The summed E-state index contributed by atoms with van der Waals surface area (Å²) in [5.74, 6) is 3.36. The van der Waals surface area contributed by atoms with Crippen LogP contribution in [0.2, 0.25) is 0 Å². The van der Waals surface area contributed by atoms with E-state index >= 15 is 0 Å². The summed E-state index contributed by atoms with van der Waals surface area (Å²) in [6, 6.07) is 0.549. The van der Waals surface area contributed by atoms with E-state index in [4.69, 9.17) is 4.52 Å². The van der Waals surface area contributed by atoms with E-state index in [9.17, 15) is 0 Å². The molecule has 0 radical (unpaired) electrons. The fourth-order valence-corrected chi connectivity index (χ4v) is 2.35. The Bertz CT molecular complexity index is 292. The van der Waals surface area contributed by atoms with Gasteiger partial charge in [0.05, 0.1) is 5.69 Å². The first-order valence-electron chi connectivity index (χ1n) is 5.88. The van der Waals surface area contributed by atoms with Crippen LogP contribution in [0.25, 0.3) is 0 Å². The van der Waals surface area contributed by atoms with Crippen LogP contribution in [0.3, 0.4) is 0 Å². The maximum Gasteiger partial charge on any atom is 0.138 e. The third-order valence-corrected chi connectivity index (χ3v) is 3.64. The molecule has 0 spiro atoms. The molecule has 4 heteroatoms. The first-order valence-corrected chi connectivity index (χ1v) is 7.03. The van der Waals surface area contributed by atoms with E-state index in [0.29, 0.717) is 6.04 Å². The molecular formula is C12H22N2OS. The van der Waals surface area contributed by atoms with Gasteiger partial charge in [0.15, 0.2) is 0 Å². The number of aryl methyl sites for hydroxylation is 2. The second-order valence-electron chi connectivity index (χ2n) is 4.07. The van der Waals surface area contributed by atoms with Gasteiger partial charge in [0.25, 0.3) is 0 Å². The topological polar surface area (TPSA) is 38.1 Å². The average molecular weight is 242 g/mol. The Kier molecular flexibility index (Phi) is 5.91. The van der Waals surface area contributed by atoms with Crippen LogP contribution in [0.4, 0.5) is 0 Å². The van der Waals surface area contributed by atoms with Gasteiger partial charge in [0.2, 0.25) is 0 Å². The normalized spacial score (nSPS) is 13.0. The summed E-state index contributed by atoms with van der Waals surface area (Å²) in [6.45, 7) is 9.25. The molecule has 0 saturated heterocycles. The lowest BCUT2D eigenvalue weighted by Gasteiger charge is -2.12. The summed E-state index contributed by atoms with van der Waals surface area (Å²) in [7, 11) is 0. The van der Waals surface area contributed by atoms with E-state index in [1.54, 1.807) is 0 Å². The zero-order chi connectivity index (χ0) is 12.0. The maximum atomic E-state index is 5.13. The van der Waals surface area contributed by atoms with Gasteiger partial charge < -0.3 is 9.84 Å². The van der Waals surface area contributed by atoms with Crippen LogP contribution in [0, 0.1) is 13.8 Å². The number of aromatic nitrogens is 1. The predicted octanol–water partition coefficient (Wildman–Crippen LogP) is 2.91. The van der Waals surface area contributed by atoms with Crippen LogP contribution in [-0.2, 0) is 6.54 Å². The minimum atomic E-state index is 0.549. The van der Waals surface area contributed by atoms with Crippen molar-refractivity contribution in [3.8, 4) is 0 Å². The summed E-state index contributed by atoms with van der Waals surface area (Å²) >= 11 is 2.00. The van der Waals surface area contributed by atoms with Crippen LogP contribution in [0.1, 0.15) is 37.3 Å². The lowest BCUT2D eigenvalue weighted by Crippen LogP contribution is -2.26. The molecule has 0 aliphatic rings. The van der Waals surface area contributed by atoms with Crippen molar-refractivity contribution in [2.45, 2.75) is 46.7 Å². The fourth-order valence-electron chi connectivity index (χ4n) is 1.54. The zero-order valence-corrected chi connectivity index (χ0v) is 11.5. The Balaban J connectivity index is 2.28. The molecule has 1 atom stereocenters. The first-order chi connectivity index (χ1) is 7.65. The highest BCUT2D eigenvalue weighted by Crippen LogP contribution is 2.12. The molecule has 0 aromatic carbocycles. The molecule has 0 aliphatic heterocycles. The van der Waals surface area contributed by atoms with Crippen molar-refractivity contribution in [1.29, 1.82) is 0 Å². The minimum absolute atomic E-state index is 0.549. The Morgan fingerprint density at radius 2 is 2.19 bits per heavy atom. The smallest absolute Gasteiger partial charge is 0.138 e. The average Bonchev–Trinajstić information content (AvgIpc) is 2.57. The van der Waals surface area contributed by atoms with Crippen LogP contribution in [0.15, 0.2) is 4.52 Å². The molecule has 0 aliphatic carbocycles. The van der Waals surface area contributed by atoms with Crippen LogP contribution < -0.4 is 5.32 Å². The SMILES string of the molecule is CCSCCC(C)NCc1c(C)noc1C. The van der Waals surface area contributed by atoms with Gasteiger partial charge >= 0.3 is 0 Å². The van der Waals surface area contributed by atoms with Crippen LogP contribution >= 0.6 is 11.8 Å². The van der Waals surface area contributed by atoms with Gasteiger partial charge in [-0.3, -0.25) is 0 Å². The van der Waals surface area contributed by atoms with Gasteiger partial charge in [-0.2, -0.15) is 11.8 Å². The van der Waals surface area contributed by atoms with Crippen molar-refractivity contribution in [1.82, 2.24) is 10.5 Å². The predicted molar refractivity (Wildman–Crippen MR) is 69.9 cm³/mol. The molecule has 0 amide bonds. The number of hydrogen-bond donors (Lipinski definition) is 1. The van der Waals surface area contributed by atoms with E-state index in [1.807, 2.05) is 25.6 Å². The summed E-state index contributed by atoms with van der Waals surface area (Å²) < 4.78 is 5.13. The van der Waals surface area contributed by atoms with Gasteiger partial charge in [-0.15, -0.1) is 0 Å². The van der Waals surface area contributed by atoms with Crippen molar-refractivity contribution in [2.75, 3.05) is 11.5 Å². The molecule has 3 nitrogen and oxygen atoms in total. The summed E-state index contributed by atoms with van der Waals surface area (Å²) in [5.41, 5.74) is 2.20. The third kappa shape index (κ3) is 4.18. The lowest BCUT2D eigenvalue weighted by molar-refractivity contribution is 0.391. The maximum absolute atomic E-state index is 5.13. The largest absolute Gasteiger partial charge is 0.361 e. The number of thioether (sulfide) groups is 1. The number of rotatable bonds is 7. The highest BCUT2D eigenvalue weighted by atomic mass is 32.2. The van der Waals surface area contributed by atoms with Crippen LogP contribution in [0.5, 0.6) is 0 Å². The molecule has 0 saturated carbocycles. The van der Waals surface area contributed by atoms with Crippen LogP contribution in [-0.4, -0.2) is 22.7 Å². The van der Waals surface area contributed by atoms with Crippen molar-refractivity contribution >= 4 is 11.8 Å². The molecule has 0 bridgehead atoms. The standard InChI is InChI=1S/C12H22N2OS/c1-5-16-7-6-9(2)13-8-12-10(3)14-15-11(12)4/h9,13H,5-8H2,1-4H3. The Labute approximate surface area is 102 Å². The van der Waals surface area contributed by atoms with E-state index in [2.05, 4.69) is 24.3 Å². The molecule has 1 rings (SSSR count). The highest BCUT2D eigenvalue weighted by molar-refractivity contribution is 7.99. The Morgan fingerprint density at radius 3 is 2.75 bits per heavy atom. The summed E-state index contributed by atoms with van der Waals surface area (Å²) in [5, 5.41) is 7.46. The zero-order valence-electron chi connectivity index (χ0n) is 10.7. The molecule has 16 heavy (non-hydrogen) atoms. The molecule has 1 N–H and O–H groups in total. The minimum Gasteiger partial charge on any atom is -0.361 e. The van der Waals surface area contributed by atoms with E-state index < -0.39 is 0 Å². The van der Waals surface area contributed by atoms with Crippen molar-refractivity contribution < 1.29 is 4.52 Å². The van der Waals surface area contributed by atoms with Crippen molar-refractivity contribution in [2.24, 2.45) is 0 Å². The molecule has 1 aromatic rings. The number of nitrogens with one attached hydrogen (secondary N) is 1. The summed E-state index contributed by atoms with van der Waals surface area (Å²) in [4.78, 5) is 0. The number of nitrogens with zero attached hydrogens (tertiary/aromatic N) is 1. The van der Waals surface area contributed by atoms with Crippen molar-refractivity contribution in [3.63, 3.8) is 0 Å². The lowest BCUT2D eigenvalue weighted by atomic mass is 10.2. The van der Waals surface area contributed by atoms with Gasteiger partial charge in [0, 0.05) is 18.2 Å². The third-order valence-electron chi connectivity index (χ3n) is 2.71. The van der Waals surface area contributed by atoms with Gasteiger partial charge in [-0.05, 0) is 38.7 Å². The fraction of sp³-hybridized carbons (Fsp3) is 0.750. The molecule has 1 unspecified atom stereocenters. The van der Waals surface area contributed by atoms with E-state index in [-0.39, 0.29) is 0 Å². The second-order valence-corrected chi connectivity index (χ2v) is 5.46. The number of hydrogen-bond acceptors (Lipinski definition) is 4. The Hall–Kier alpha value is -0.480. The Morgan fingerprint density at radius 1 is 1.44 bits per heavy atom. The molecular weight excluding hydrogens is 220 g/mol. The van der Waals surface area contributed by atoms with Gasteiger partial charge in [-0.1, -0.05) is 12.1 Å². The monoisotopic (exact) mass is 242 g/mol. The quantitative estimate of drug-likeness (QED) is 0.746. The van der Waals surface area contributed by atoms with Crippen molar-refractivity contribution in [3.05, 3.63) is 17.0 Å². The molecule has 92 valence electrons.